The van der Waals surface area contributed by atoms with Crippen LogP contribution in [0.5, 0.6) is 0 Å². The molecule has 0 spiro atoms. The van der Waals surface area contributed by atoms with Crippen LogP contribution in [0, 0.1) is 11.3 Å². The van der Waals surface area contributed by atoms with Crippen LogP contribution in [0.4, 0.5) is 0 Å². The maximum absolute atomic E-state index is 5.61. The topological polar surface area (TPSA) is 21.3 Å². The molecule has 0 saturated heterocycles. The van der Waals surface area contributed by atoms with E-state index in [-0.39, 0.29) is 0 Å². The quantitative estimate of drug-likeness (QED) is 0.579. The van der Waals surface area contributed by atoms with E-state index in [4.69, 9.17) is 4.74 Å². The zero-order chi connectivity index (χ0) is 12.4. The predicted molar refractivity (Wildman–Crippen MR) is 71.8 cm³/mol. The molecule has 0 heterocycles. The zero-order valence-corrected chi connectivity index (χ0v) is 11.9. The lowest BCUT2D eigenvalue weighted by Gasteiger charge is -2.34. The predicted octanol–water partition coefficient (Wildman–Crippen LogP) is 3.47. The highest BCUT2D eigenvalue weighted by atomic mass is 16.5. The van der Waals surface area contributed by atoms with Gasteiger partial charge in [0.05, 0.1) is 0 Å². The van der Waals surface area contributed by atoms with Crippen molar-refractivity contribution in [3.63, 3.8) is 0 Å². The van der Waals surface area contributed by atoms with Crippen molar-refractivity contribution in [2.45, 2.75) is 53.9 Å². The second-order valence-corrected chi connectivity index (χ2v) is 5.35. The molecule has 1 unspecified atom stereocenters. The minimum atomic E-state index is 0.364. The van der Waals surface area contributed by atoms with Crippen LogP contribution >= 0.6 is 0 Å². The molecule has 0 fully saturated rings. The van der Waals surface area contributed by atoms with Gasteiger partial charge in [0.1, 0.15) is 0 Å². The fourth-order valence-corrected chi connectivity index (χ4v) is 1.68. The van der Waals surface area contributed by atoms with E-state index in [1.54, 1.807) is 0 Å². The lowest BCUT2D eigenvalue weighted by atomic mass is 9.76. The van der Waals surface area contributed by atoms with E-state index in [0.717, 1.165) is 39.1 Å². The molecule has 0 aliphatic heterocycles. The molecule has 2 heteroatoms. The average Bonchev–Trinajstić information content (AvgIpc) is 2.25. The molecule has 0 aliphatic rings. The molecular weight excluding hydrogens is 198 g/mol. The van der Waals surface area contributed by atoms with Crippen molar-refractivity contribution in [2.75, 3.05) is 26.3 Å². The Bertz CT molecular complexity index is 159. The van der Waals surface area contributed by atoms with Gasteiger partial charge in [-0.15, -0.1) is 0 Å². The number of ether oxygens (including phenoxy) is 1. The summed E-state index contributed by atoms with van der Waals surface area (Å²) in [5.74, 6) is 0.696. The summed E-state index contributed by atoms with van der Waals surface area (Å²) in [5.41, 5.74) is 0.364. The molecule has 16 heavy (non-hydrogen) atoms. The molecule has 0 bridgehead atoms. The van der Waals surface area contributed by atoms with Crippen LogP contribution in [-0.2, 0) is 4.74 Å². The molecule has 2 nitrogen and oxygen atoms in total. The summed E-state index contributed by atoms with van der Waals surface area (Å²) in [7, 11) is 0. The van der Waals surface area contributed by atoms with Crippen LogP contribution in [-0.4, -0.2) is 26.3 Å². The maximum atomic E-state index is 5.61. The van der Waals surface area contributed by atoms with Crippen molar-refractivity contribution in [3.8, 4) is 0 Å². The van der Waals surface area contributed by atoms with Crippen molar-refractivity contribution >= 4 is 0 Å². The first-order valence-corrected chi connectivity index (χ1v) is 6.85. The van der Waals surface area contributed by atoms with E-state index in [2.05, 4.69) is 39.9 Å². The number of nitrogens with one attached hydrogen (secondary N) is 1. The second kappa shape index (κ2) is 9.00. The summed E-state index contributed by atoms with van der Waals surface area (Å²) < 4.78 is 5.61. The van der Waals surface area contributed by atoms with Gasteiger partial charge in [0.25, 0.3) is 0 Å². The SMILES string of the molecule is CCCNCC(C)(CCOCCC)C(C)C. The summed E-state index contributed by atoms with van der Waals surface area (Å²) in [4.78, 5) is 0. The van der Waals surface area contributed by atoms with Gasteiger partial charge in [-0.05, 0) is 37.1 Å². The Morgan fingerprint density at radius 1 is 1.12 bits per heavy atom. The first kappa shape index (κ1) is 15.9. The van der Waals surface area contributed by atoms with Gasteiger partial charge >= 0.3 is 0 Å². The molecule has 1 atom stereocenters. The van der Waals surface area contributed by atoms with Crippen molar-refractivity contribution in [1.82, 2.24) is 5.32 Å². The highest BCUT2D eigenvalue weighted by Gasteiger charge is 2.27. The van der Waals surface area contributed by atoms with Crippen molar-refractivity contribution in [3.05, 3.63) is 0 Å². The fourth-order valence-electron chi connectivity index (χ4n) is 1.68. The summed E-state index contributed by atoms with van der Waals surface area (Å²) in [6, 6.07) is 0. The lowest BCUT2D eigenvalue weighted by Crippen LogP contribution is -2.37. The van der Waals surface area contributed by atoms with Gasteiger partial charge in [-0.1, -0.05) is 34.6 Å². The molecule has 0 aromatic carbocycles. The first-order chi connectivity index (χ1) is 7.56. The lowest BCUT2D eigenvalue weighted by molar-refractivity contribution is 0.0795. The third-order valence-corrected chi connectivity index (χ3v) is 3.52. The molecule has 0 saturated carbocycles. The number of rotatable bonds is 10. The number of hydrogen-bond acceptors (Lipinski definition) is 2. The van der Waals surface area contributed by atoms with Crippen LogP contribution < -0.4 is 5.32 Å². The Balaban J connectivity index is 3.91. The van der Waals surface area contributed by atoms with Crippen LogP contribution in [0.1, 0.15) is 53.9 Å². The van der Waals surface area contributed by atoms with Gasteiger partial charge in [-0.3, -0.25) is 0 Å². The van der Waals surface area contributed by atoms with Gasteiger partial charge in [0, 0.05) is 19.8 Å². The van der Waals surface area contributed by atoms with Crippen molar-refractivity contribution in [1.29, 1.82) is 0 Å². The Labute approximate surface area is 102 Å². The summed E-state index contributed by atoms with van der Waals surface area (Å²) in [6.07, 6.45) is 3.48. The van der Waals surface area contributed by atoms with Gasteiger partial charge in [0.15, 0.2) is 0 Å². The molecular formula is C14H31NO. The first-order valence-electron chi connectivity index (χ1n) is 6.85. The monoisotopic (exact) mass is 229 g/mol. The Morgan fingerprint density at radius 3 is 2.31 bits per heavy atom. The van der Waals surface area contributed by atoms with Crippen LogP contribution in [0.2, 0.25) is 0 Å². The molecule has 0 amide bonds. The zero-order valence-electron chi connectivity index (χ0n) is 11.9. The highest BCUT2D eigenvalue weighted by Crippen LogP contribution is 2.30. The highest BCUT2D eigenvalue weighted by molar-refractivity contribution is 4.80. The van der Waals surface area contributed by atoms with Gasteiger partial charge in [-0.2, -0.15) is 0 Å². The summed E-state index contributed by atoms with van der Waals surface area (Å²) >= 11 is 0. The minimum Gasteiger partial charge on any atom is -0.381 e. The standard InChI is InChI=1S/C14H31NO/c1-6-9-15-12-14(5,13(3)4)8-11-16-10-7-2/h13,15H,6-12H2,1-5H3. The molecule has 0 rings (SSSR count). The van der Waals surface area contributed by atoms with Crippen LogP contribution in [0.15, 0.2) is 0 Å². The van der Waals surface area contributed by atoms with Gasteiger partial charge < -0.3 is 10.1 Å². The third-order valence-electron chi connectivity index (χ3n) is 3.52. The minimum absolute atomic E-state index is 0.364. The molecule has 1 N–H and O–H groups in total. The maximum Gasteiger partial charge on any atom is 0.0471 e. The van der Waals surface area contributed by atoms with E-state index < -0.39 is 0 Å². The van der Waals surface area contributed by atoms with Crippen molar-refractivity contribution in [2.24, 2.45) is 11.3 Å². The Morgan fingerprint density at radius 2 is 1.81 bits per heavy atom. The molecule has 98 valence electrons. The van der Waals surface area contributed by atoms with Crippen molar-refractivity contribution < 1.29 is 4.74 Å². The third kappa shape index (κ3) is 6.49. The normalized spacial score (nSPS) is 15.4. The van der Waals surface area contributed by atoms with E-state index in [0.29, 0.717) is 11.3 Å². The molecule has 0 radical (unpaired) electrons. The van der Waals surface area contributed by atoms with Gasteiger partial charge in [0.2, 0.25) is 0 Å². The fraction of sp³-hybridized carbons (Fsp3) is 1.00. The Kier molecular flexibility index (Phi) is 8.96. The van der Waals surface area contributed by atoms with E-state index in [1.807, 2.05) is 0 Å². The summed E-state index contributed by atoms with van der Waals surface area (Å²) in [6.45, 7) is 15.4. The summed E-state index contributed by atoms with van der Waals surface area (Å²) in [5, 5.41) is 3.54. The molecule has 0 aliphatic carbocycles. The average molecular weight is 229 g/mol. The largest absolute Gasteiger partial charge is 0.381 e. The smallest absolute Gasteiger partial charge is 0.0471 e. The number of hydrogen-bond donors (Lipinski definition) is 1. The van der Waals surface area contributed by atoms with E-state index in [1.165, 1.54) is 6.42 Å². The van der Waals surface area contributed by atoms with E-state index >= 15 is 0 Å². The van der Waals surface area contributed by atoms with Crippen LogP contribution in [0.25, 0.3) is 0 Å². The second-order valence-electron chi connectivity index (χ2n) is 5.35. The van der Waals surface area contributed by atoms with Gasteiger partial charge in [-0.25, -0.2) is 0 Å². The van der Waals surface area contributed by atoms with E-state index in [9.17, 15) is 0 Å². The molecule has 0 aromatic rings. The molecule has 0 aromatic heterocycles. The van der Waals surface area contributed by atoms with Crippen LogP contribution in [0.3, 0.4) is 0 Å². The Hall–Kier alpha value is -0.0800.